The maximum atomic E-state index is 14.0. The average molecular weight is 584 g/mol. The summed E-state index contributed by atoms with van der Waals surface area (Å²) in [5.74, 6) is 0. The van der Waals surface area contributed by atoms with Crippen LogP contribution in [0.25, 0.3) is 0 Å². The van der Waals surface area contributed by atoms with Gasteiger partial charge in [-0.1, -0.05) is 94.8 Å². The Labute approximate surface area is 219 Å². The van der Waals surface area contributed by atoms with Crippen molar-refractivity contribution >= 4 is 41.9 Å². The summed E-state index contributed by atoms with van der Waals surface area (Å²) in [5.41, 5.74) is -0.557. The third-order valence-corrected chi connectivity index (χ3v) is 11.8. The molecule has 4 aromatic rings. The zero-order chi connectivity index (χ0) is 25.8. The Morgan fingerprint density at radius 1 is 0.611 bits per heavy atom. The van der Waals surface area contributed by atoms with Crippen molar-refractivity contribution in [1.29, 1.82) is 0 Å². The van der Waals surface area contributed by atoms with E-state index >= 15 is 0 Å². The van der Waals surface area contributed by atoms with E-state index in [1.165, 1.54) is 48.5 Å². The van der Waals surface area contributed by atoms with Crippen molar-refractivity contribution in [3.63, 3.8) is 0 Å². The van der Waals surface area contributed by atoms with Gasteiger partial charge in [-0.15, -0.1) is 0 Å². The number of aldehydes is 1. The molecule has 8 heteroatoms. The van der Waals surface area contributed by atoms with Crippen LogP contribution in [0.2, 0.25) is 0 Å². The Morgan fingerprint density at radius 2 is 1.00 bits per heavy atom. The highest BCUT2D eigenvalue weighted by atomic mass is 79.9. The number of sulfone groups is 2. The monoisotopic (exact) mass is 582 g/mol. The zero-order valence-electron chi connectivity index (χ0n) is 19.1. The summed E-state index contributed by atoms with van der Waals surface area (Å²) in [6.45, 7) is 0. The highest BCUT2D eigenvalue weighted by molar-refractivity contribution is 9.10. The first-order chi connectivity index (χ1) is 17.2. The largest absolute Gasteiger partial charge is 0.302 e. The van der Waals surface area contributed by atoms with E-state index < -0.39 is 36.1 Å². The second-order valence-electron chi connectivity index (χ2n) is 8.31. The smallest absolute Gasteiger partial charge is 0.196 e. The van der Waals surface area contributed by atoms with Crippen LogP contribution in [0, 0.1) is 0 Å². The first-order valence-electron chi connectivity index (χ1n) is 11.1. The van der Waals surface area contributed by atoms with E-state index in [1.54, 1.807) is 66.7 Å². The number of benzene rings is 4. The molecule has 0 N–H and O–H groups in total. The Kier molecular flexibility index (Phi) is 7.59. The lowest BCUT2D eigenvalue weighted by Crippen LogP contribution is -2.41. The van der Waals surface area contributed by atoms with Crippen molar-refractivity contribution in [2.75, 3.05) is 0 Å². The highest BCUT2D eigenvalue weighted by Crippen LogP contribution is 2.41. The Bertz CT molecular complexity index is 1470. The molecule has 0 fully saturated rings. The van der Waals surface area contributed by atoms with Crippen molar-refractivity contribution in [2.45, 2.75) is 26.2 Å². The van der Waals surface area contributed by atoms with Crippen LogP contribution in [0.5, 0.6) is 0 Å². The molecular formula is C28H23BrO5S2. The van der Waals surface area contributed by atoms with Gasteiger partial charge in [-0.25, -0.2) is 16.8 Å². The topological polar surface area (TPSA) is 85.3 Å². The lowest BCUT2D eigenvalue weighted by atomic mass is 9.73. The van der Waals surface area contributed by atoms with Crippen molar-refractivity contribution in [3.05, 3.63) is 131 Å². The minimum atomic E-state index is -4.43. The van der Waals surface area contributed by atoms with Crippen LogP contribution in [0.1, 0.15) is 17.5 Å². The number of hydrogen-bond donors (Lipinski definition) is 0. The first kappa shape index (κ1) is 26.0. The summed E-state index contributed by atoms with van der Waals surface area (Å²) in [6, 6.07) is 30.5. The van der Waals surface area contributed by atoms with Crippen LogP contribution in [-0.2, 0) is 29.9 Å². The van der Waals surface area contributed by atoms with Gasteiger partial charge in [-0.2, -0.15) is 0 Å². The fraction of sp³-hybridized carbons (Fsp3) is 0.107. The van der Waals surface area contributed by atoms with Crippen LogP contribution in [-0.4, -0.2) is 27.7 Å². The average Bonchev–Trinajstić information content (AvgIpc) is 2.91. The number of rotatable bonds is 9. The van der Waals surface area contributed by atoms with Gasteiger partial charge in [0.1, 0.15) is 6.29 Å². The van der Waals surface area contributed by atoms with Gasteiger partial charge in [0.05, 0.1) is 15.2 Å². The SMILES string of the molecule is O=C[C@](CC(S(=O)(=O)c1ccccc1)S(=O)(=O)c1ccccc1)(c1ccccc1)c1ccc(Br)cc1. The number of carbonyl (C=O) groups is 1. The molecule has 36 heavy (non-hydrogen) atoms. The maximum Gasteiger partial charge on any atom is 0.196 e. The van der Waals surface area contributed by atoms with Gasteiger partial charge in [0.15, 0.2) is 24.3 Å². The standard InChI is InChI=1S/C28H23BrO5S2/c29-24-18-16-23(17-19-24)28(21-30,22-10-4-1-5-11-22)20-27(35(31,32)25-12-6-2-7-13-25)36(33,34)26-14-8-3-9-15-26/h1-19,21,27H,20H2/t28-/m1/s1. The van der Waals surface area contributed by atoms with Crippen LogP contribution in [0.3, 0.4) is 0 Å². The third kappa shape index (κ3) is 4.93. The van der Waals surface area contributed by atoms with Gasteiger partial charge in [0.2, 0.25) is 0 Å². The predicted molar refractivity (Wildman–Crippen MR) is 143 cm³/mol. The van der Waals surface area contributed by atoms with E-state index in [2.05, 4.69) is 15.9 Å². The maximum absolute atomic E-state index is 14.0. The van der Waals surface area contributed by atoms with Gasteiger partial charge < -0.3 is 4.79 Å². The molecule has 0 aliphatic rings. The Hall–Kier alpha value is -3.07. The molecule has 5 nitrogen and oxygen atoms in total. The molecule has 0 heterocycles. The predicted octanol–water partition coefficient (Wildman–Crippen LogP) is 5.60. The molecule has 4 rings (SSSR count). The summed E-state index contributed by atoms with van der Waals surface area (Å²) in [5, 5.41) is 0. The van der Waals surface area contributed by atoms with Crippen LogP contribution >= 0.6 is 15.9 Å². The zero-order valence-corrected chi connectivity index (χ0v) is 22.3. The molecule has 0 bridgehead atoms. The van der Waals surface area contributed by atoms with Gasteiger partial charge >= 0.3 is 0 Å². The number of hydrogen-bond acceptors (Lipinski definition) is 5. The number of carbonyl (C=O) groups excluding carboxylic acids is 1. The molecule has 0 saturated heterocycles. The van der Waals surface area contributed by atoms with E-state index in [-0.39, 0.29) is 9.79 Å². The molecule has 0 spiro atoms. The van der Waals surface area contributed by atoms with Gasteiger partial charge in [0, 0.05) is 4.47 Å². The number of halogens is 1. The van der Waals surface area contributed by atoms with Crippen molar-refractivity contribution in [1.82, 2.24) is 0 Å². The summed E-state index contributed by atoms with van der Waals surface area (Å²) in [6.07, 6.45) is 0.149. The molecule has 4 aromatic carbocycles. The molecule has 184 valence electrons. The second kappa shape index (κ2) is 10.5. The molecule has 0 aromatic heterocycles. The molecule has 0 amide bonds. The fourth-order valence-electron chi connectivity index (χ4n) is 4.24. The normalized spacial score (nSPS) is 13.7. The fourth-order valence-corrected chi connectivity index (χ4v) is 9.15. The molecule has 0 aliphatic carbocycles. The molecule has 0 radical (unpaired) electrons. The second-order valence-corrected chi connectivity index (χ2v) is 13.8. The van der Waals surface area contributed by atoms with Crippen molar-refractivity contribution in [3.8, 4) is 0 Å². The van der Waals surface area contributed by atoms with Crippen molar-refractivity contribution in [2.24, 2.45) is 0 Å². The minimum absolute atomic E-state index is 0.127. The minimum Gasteiger partial charge on any atom is -0.302 e. The summed E-state index contributed by atoms with van der Waals surface area (Å²) in [4.78, 5) is 12.7. The molecule has 0 saturated carbocycles. The van der Waals surface area contributed by atoms with E-state index in [0.29, 0.717) is 17.4 Å². The van der Waals surface area contributed by atoms with E-state index in [1.807, 2.05) is 0 Å². The molecule has 0 aliphatic heterocycles. The van der Waals surface area contributed by atoms with Crippen LogP contribution in [0.4, 0.5) is 0 Å². The van der Waals surface area contributed by atoms with Crippen LogP contribution < -0.4 is 0 Å². The summed E-state index contributed by atoms with van der Waals surface area (Å²) < 4.78 is 54.7. The van der Waals surface area contributed by atoms with Gasteiger partial charge in [-0.3, -0.25) is 0 Å². The summed E-state index contributed by atoms with van der Waals surface area (Å²) >= 11 is 3.39. The quantitative estimate of drug-likeness (QED) is 0.240. The Balaban J connectivity index is 2.00. The van der Waals surface area contributed by atoms with Gasteiger partial charge in [-0.05, 0) is 53.9 Å². The highest BCUT2D eigenvalue weighted by Gasteiger charge is 2.47. The third-order valence-electron chi connectivity index (χ3n) is 6.17. The summed E-state index contributed by atoms with van der Waals surface area (Å²) in [7, 11) is -8.86. The lowest BCUT2D eigenvalue weighted by Gasteiger charge is -2.33. The van der Waals surface area contributed by atoms with E-state index in [4.69, 9.17) is 0 Å². The van der Waals surface area contributed by atoms with Gasteiger partial charge in [0.25, 0.3) is 0 Å². The molecule has 0 unspecified atom stereocenters. The molecule has 1 atom stereocenters. The van der Waals surface area contributed by atoms with E-state index in [0.717, 1.165) is 4.47 Å². The van der Waals surface area contributed by atoms with E-state index in [9.17, 15) is 21.6 Å². The van der Waals surface area contributed by atoms with Crippen molar-refractivity contribution < 1.29 is 21.6 Å². The van der Waals surface area contributed by atoms with Crippen LogP contribution in [0.15, 0.2) is 130 Å². The lowest BCUT2D eigenvalue weighted by molar-refractivity contribution is -0.111. The molecular weight excluding hydrogens is 560 g/mol. The Morgan fingerprint density at radius 3 is 1.42 bits per heavy atom. The first-order valence-corrected chi connectivity index (χ1v) is 15.0.